The molecule has 0 aliphatic heterocycles. The molecule has 4 heteroatoms. The molecule has 0 spiro atoms. The Kier molecular flexibility index (Phi) is 4.56. The summed E-state index contributed by atoms with van der Waals surface area (Å²) < 4.78 is 0. The molecule has 0 saturated heterocycles. The van der Waals surface area contributed by atoms with E-state index in [1.807, 2.05) is 18.2 Å². The first-order valence-electron chi connectivity index (χ1n) is 7.58. The molecular formula is C16H22Cl2N2. The van der Waals surface area contributed by atoms with Crippen LogP contribution < -0.4 is 11.1 Å². The second kappa shape index (κ2) is 6.23. The van der Waals surface area contributed by atoms with Crippen LogP contribution in [0.15, 0.2) is 18.2 Å². The summed E-state index contributed by atoms with van der Waals surface area (Å²) in [5.74, 6) is 2.73. The van der Waals surface area contributed by atoms with Crippen LogP contribution in [0.4, 0.5) is 0 Å². The Morgan fingerprint density at radius 1 is 1.15 bits per heavy atom. The van der Waals surface area contributed by atoms with E-state index in [0.717, 1.165) is 29.9 Å². The van der Waals surface area contributed by atoms with Gasteiger partial charge in [-0.25, -0.2) is 0 Å². The fraction of sp³-hybridized carbons (Fsp3) is 0.625. The van der Waals surface area contributed by atoms with Crippen LogP contribution in [0, 0.1) is 17.8 Å². The molecule has 2 saturated carbocycles. The van der Waals surface area contributed by atoms with Gasteiger partial charge in [0.2, 0.25) is 0 Å². The molecule has 1 unspecified atom stereocenters. The Morgan fingerprint density at radius 2 is 1.80 bits per heavy atom. The highest BCUT2D eigenvalue weighted by Gasteiger charge is 2.41. The summed E-state index contributed by atoms with van der Waals surface area (Å²) in [7, 11) is 0. The van der Waals surface area contributed by atoms with Crippen molar-refractivity contribution in [1.29, 1.82) is 0 Å². The SMILES string of the molecule is NCC(NCC(C1CC1)C1CC1)c1cccc(Cl)c1Cl. The number of hydrogen-bond donors (Lipinski definition) is 2. The fourth-order valence-electron chi connectivity index (χ4n) is 3.16. The highest BCUT2D eigenvalue weighted by atomic mass is 35.5. The molecule has 2 aliphatic carbocycles. The van der Waals surface area contributed by atoms with Gasteiger partial charge >= 0.3 is 0 Å². The average molecular weight is 313 g/mol. The van der Waals surface area contributed by atoms with Crippen molar-refractivity contribution in [1.82, 2.24) is 5.32 Å². The average Bonchev–Trinajstić information content (AvgIpc) is 3.31. The van der Waals surface area contributed by atoms with Gasteiger partial charge in [-0.05, 0) is 61.6 Å². The van der Waals surface area contributed by atoms with Gasteiger partial charge in [0, 0.05) is 12.6 Å². The second-order valence-corrected chi connectivity index (χ2v) is 6.96. The maximum absolute atomic E-state index is 6.30. The zero-order valence-electron chi connectivity index (χ0n) is 11.6. The first-order chi connectivity index (χ1) is 9.70. The molecule has 1 aromatic rings. The lowest BCUT2D eigenvalue weighted by atomic mass is 9.97. The third-order valence-electron chi connectivity index (χ3n) is 4.65. The maximum Gasteiger partial charge on any atom is 0.0640 e. The van der Waals surface area contributed by atoms with Gasteiger partial charge in [0.15, 0.2) is 0 Å². The van der Waals surface area contributed by atoms with Crippen LogP contribution >= 0.6 is 23.2 Å². The Bertz CT molecular complexity index is 458. The van der Waals surface area contributed by atoms with E-state index in [0.29, 0.717) is 16.6 Å². The summed E-state index contributed by atoms with van der Waals surface area (Å²) in [6.45, 7) is 1.60. The van der Waals surface area contributed by atoms with Crippen molar-refractivity contribution in [3.63, 3.8) is 0 Å². The normalized spacial score (nSPS) is 20.4. The Labute approximate surface area is 131 Å². The van der Waals surface area contributed by atoms with Crippen LogP contribution in [0.25, 0.3) is 0 Å². The minimum atomic E-state index is 0.0983. The van der Waals surface area contributed by atoms with Crippen LogP contribution in [0.5, 0.6) is 0 Å². The zero-order chi connectivity index (χ0) is 14.1. The van der Waals surface area contributed by atoms with E-state index in [1.54, 1.807) is 0 Å². The molecule has 0 heterocycles. The Balaban J connectivity index is 1.65. The molecule has 20 heavy (non-hydrogen) atoms. The lowest BCUT2D eigenvalue weighted by Gasteiger charge is -2.23. The van der Waals surface area contributed by atoms with Gasteiger partial charge < -0.3 is 11.1 Å². The molecule has 1 aromatic carbocycles. The van der Waals surface area contributed by atoms with Gasteiger partial charge in [-0.1, -0.05) is 35.3 Å². The van der Waals surface area contributed by atoms with Crippen molar-refractivity contribution >= 4 is 23.2 Å². The standard InChI is InChI=1S/C16H22Cl2N2/c17-14-3-1-2-12(16(14)18)15(8-19)20-9-13(10-4-5-10)11-6-7-11/h1-3,10-11,13,15,20H,4-9,19H2. The summed E-state index contributed by atoms with van der Waals surface area (Å²) in [4.78, 5) is 0. The van der Waals surface area contributed by atoms with E-state index in [1.165, 1.54) is 25.7 Å². The van der Waals surface area contributed by atoms with E-state index < -0.39 is 0 Å². The quantitative estimate of drug-likeness (QED) is 0.798. The summed E-state index contributed by atoms with van der Waals surface area (Å²) in [5, 5.41) is 4.86. The van der Waals surface area contributed by atoms with Crippen molar-refractivity contribution in [3.05, 3.63) is 33.8 Å². The number of rotatable bonds is 7. The number of nitrogens with two attached hydrogens (primary N) is 1. The van der Waals surface area contributed by atoms with Gasteiger partial charge in [-0.3, -0.25) is 0 Å². The van der Waals surface area contributed by atoms with E-state index in [9.17, 15) is 0 Å². The lowest BCUT2D eigenvalue weighted by Crippen LogP contribution is -2.33. The fourth-order valence-corrected chi connectivity index (χ4v) is 3.59. The van der Waals surface area contributed by atoms with E-state index in [2.05, 4.69) is 5.32 Å². The summed E-state index contributed by atoms with van der Waals surface area (Å²) in [5.41, 5.74) is 6.95. The van der Waals surface area contributed by atoms with Gasteiger partial charge in [-0.2, -0.15) is 0 Å². The number of benzene rings is 1. The van der Waals surface area contributed by atoms with Crippen molar-refractivity contribution in [3.8, 4) is 0 Å². The molecule has 2 fully saturated rings. The highest BCUT2D eigenvalue weighted by molar-refractivity contribution is 6.42. The molecule has 2 aliphatic rings. The summed E-state index contributed by atoms with van der Waals surface area (Å²) >= 11 is 12.4. The highest BCUT2D eigenvalue weighted by Crippen LogP contribution is 2.49. The van der Waals surface area contributed by atoms with Crippen LogP contribution in [-0.2, 0) is 0 Å². The Hall–Kier alpha value is -0.280. The zero-order valence-corrected chi connectivity index (χ0v) is 13.1. The van der Waals surface area contributed by atoms with Gasteiger partial charge in [0.25, 0.3) is 0 Å². The van der Waals surface area contributed by atoms with Crippen LogP contribution in [0.2, 0.25) is 10.0 Å². The monoisotopic (exact) mass is 312 g/mol. The molecule has 0 aromatic heterocycles. The topological polar surface area (TPSA) is 38.0 Å². The van der Waals surface area contributed by atoms with Crippen molar-refractivity contribution in [2.45, 2.75) is 31.7 Å². The molecule has 1 atom stereocenters. The smallest absolute Gasteiger partial charge is 0.0640 e. The summed E-state index contributed by atoms with van der Waals surface area (Å²) in [6, 6.07) is 5.87. The number of halogens is 2. The van der Waals surface area contributed by atoms with Gasteiger partial charge in [-0.15, -0.1) is 0 Å². The molecular weight excluding hydrogens is 291 g/mol. The molecule has 2 nitrogen and oxygen atoms in total. The Morgan fingerprint density at radius 3 is 2.35 bits per heavy atom. The number of nitrogens with one attached hydrogen (secondary N) is 1. The molecule has 110 valence electrons. The van der Waals surface area contributed by atoms with Gasteiger partial charge in [0.05, 0.1) is 10.0 Å². The molecule has 3 N–H and O–H groups in total. The largest absolute Gasteiger partial charge is 0.329 e. The van der Waals surface area contributed by atoms with Crippen LogP contribution in [0.3, 0.4) is 0 Å². The van der Waals surface area contributed by atoms with Crippen LogP contribution in [0.1, 0.15) is 37.3 Å². The number of hydrogen-bond acceptors (Lipinski definition) is 2. The van der Waals surface area contributed by atoms with Crippen molar-refractivity contribution in [2.75, 3.05) is 13.1 Å². The van der Waals surface area contributed by atoms with E-state index in [-0.39, 0.29) is 6.04 Å². The molecule has 0 radical (unpaired) electrons. The first kappa shape index (κ1) is 14.6. The minimum Gasteiger partial charge on any atom is -0.329 e. The first-order valence-corrected chi connectivity index (χ1v) is 8.33. The van der Waals surface area contributed by atoms with Gasteiger partial charge in [0.1, 0.15) is 0 Å². The third kappa shape index (κ3) is 3.30. The van der Waals surface area contributed by atoms with E-state index >= 15 is 0 Å². The third-order valence-corrected chi connectivity index (χ3v) is 5.48. The molecule has 0 amide bonds. The lowest BCUT2D eigenvalue weighted by molar-refractivity contribution is 0.357. The molecule has 3 rings (SSSR count). The minimum absolute atomic E-state index is 0.0983. The van der Waals surface area contributed by atoms with Crippen molar-refractivity contribution < 1.29 is 0 Å². The van der Waals surface area contributed by atoms with Crippen LogP contribution in [-0.4, -0.2) is 13.1 Å². The van der Waals surface area contributed by atoms with E-state index in [4.69, 9.17) is 28.9 Å². The summed E-state index contributed by atoms with van der Waals surface area (Å²) in [6.07, 6.45) is 5.64. The molecule has 0 bridgehead atoms. The maximum atomic E-state index is 6.30. The van der Waals surface area contributed by atoms with Crippen molar-refractivity contribution in [2.24, 2.45) is 23.5 Å². The second-order valence-electron chi connectivity index (χ2n) is 6.18. The predicted molar refractivity (Wildman–Crippen MR) is 85.2 cm³/mol. The predicted octanol–water partition coefficient (Wildman–Crippen LogP) is 4.02.